The lowest BCUT2D eigenvalue weighted by Crippen LogP contribution is -2.55. The Morgan fingerprint density at radius 3 is 2.50 bits per heavy atom. The number of aromatic nitrogens is 2. The topological polar surface area (TPSA) is 84.2 Å². The minimum absolute atomic E-state index is 0.267. The van der Waals surface area contributed by atoms with Gasteiger partial charge in [0.25, 0.3) is 5.91 Å². The first-order chi connectivity index (χ1) is 10.6. The van der Waals surface area contributed by atoms with Crippen molar-refractivity contribution in [1.82, 2.24) is 15.1 Å². The van der Waals surface area contributed by atoms with Crippen LogP contribution in [0.1, 0.15) is 74.3 Å². The smallest absolute Gasteiger partial charge is 0.329 e. The van der Waals surface area contributed by atoms with Crippen molar-refractivity contribution in [2.24, 2.45) is 0 Å². The third-order valence-corrected chi connectivity index (χ3v) is 5.04. The van der Waals surface area contributed by atoms with Gasteiger partial charge in [0, 0.05) is 6.20 Å². The molecule has 1 aromatic rings. The average Bonchev–Trinajstić information content (AvgIpc) is 3.19. The van der Waals surface area contributed by atoms with E-state index in [-0.39, 0.29) is 11.9 Å². The van der Waals surface area contributed by atoms with Gasteiger partial charge >= 0.3 is 5.97 Å². The van der Waals surface area contributed by atoms with Crippen molar-refractivity contribution in [2.75, 3.05) is 0 Å². The third kappa shape index (κ3) is 2.74. The minimum atomic E-state index is -1.11. The third-order valence-electron chi connectivity index (χ3n) is 5.04. The van der Waals surface area contributed by atoms with E-state index < -0.39 is 11.5 Å². The number of carbonyl (C=O) groups excluding carboxylic acids is 1. The van der Waals surface area contributed by atoms with Crippen LogP contribution in [-0.2, 0) is 4.79 Å². The van der Waals surface area contributed by atoms with E-state index in [2.05, 4.69) is 10.4 Å². The molecule has 6 heteroatoms. The van der Waals surface area contributed by atoms with Crippen molar-refractivity contribution in [3.63, 3.8) is 0 Å². The van der Waals surface area contributed by atoms with Crippen LogP contribution in [0.4, 0.5) is 0 Å². The molecule has 0 unspecified atom stereocenters. The summed E-state index contributed by atoms with van der Waals surface area (Å²) in [5.74, 6) is -1.24. The van der Waals surface area contributed by atoms with Crippen LogP contribution in [0.5, 0.6) is 0 Å². The summed E-state index contributed by atoms with van der Waals surface area (Å²) >= 11 is 0. The van der Waals surface area contributed by atoms with Crippen LogP contribution >= 0.6 is 0 Å². The standard InChI is InChI=1S/C16H23N3O3/c20-14(18-16(15(21)22)9-4-1-5-10-16)13-8-11-17-19(13)12-6-2-3-7-12/h8,11-12H,1-7,9-10H2,(H,18,20)(H,21,22). The van der Waals surface area contributed by atoms with Crippen molar-refractivity contribution in [1.29, 1.82) is 0 Å². The molecule has 0 aromatic carbocycles. The normalized spacial score (nSPS) is 21.6. The van der Waals surface area contributed by atoms with E-state index >= 15 is 0 Å². The summed E-state index contributed by atoms with van der Waals surface area (Å²) in [6.45, 7) is 0. The molecule has 2 aliphatic rings. The number of rotatable bonds is 4. The van der Waals surface area contributed by atoms with Crippen LogP contribution in [0.2, 0.25) is 0 Å². The first kappa shape index (κ1) is 15.1. The fourth-order valence-corrected chi connectivity index (χ4v) is 3.76. The zero-order valence-corrected chi connectivity index (χ0v) is 12.8. The van der Waals surface area contributed by atoms with E-state index in [9.17, 15) is 14.7 Å². The summed E-state index contributed by atoms with van der Waals surface area (Å²) in [7, 11) is 0. The van der Waals surface area contributed by atoms with Gasteiger partial charge in [0.05, 0.1) is 6.04 Å². The van der Waals surface area contributed by atoms with Crippen LogP contribution in [0, 0.1) is 0 Å². The highest BCUT2D eigenvalue weighted by atomic mass is 16.4. The molecule has 1 heterocycles. The van der Waals surface area contributed by atoms with Gasteiger partial charge in [0.15, 0.2) is 0 Å². The summed E-state index contributed by atoms with van der Waals surface area (Å²) in [6, 6.07) is 1.95. The molecule has 1 amide bonds. The molecule has 2 N–H and O–H groups in total. The molecule has 0 atom stereocenters. The van der Waals surface area contributed by atoms with Crippen LogP contribution < -0.4 is 5.32 Å². The first-order valence-corrected chi connectivity index (χ1v) is 8.22. The Kier molecular flexibility index (Phi) is 4.18. The molecule has 2 aliphatic carbocycles. The molecule has 6 nitrogen and oxygen atoms in total. The highest BCUT2D eigenvalue weighted by Crippen LogP contribution is 2.31. The van der Waals surface area contributed by atoms with E-state index in [1.165, 1.54) is 0 Å². The van der Waals surface area contributed by atoms with Gasteiger partial charge in [-0.15, -0.1) is 0 Å². The summed E-state index contributed by atoms with van der Waals surface area (Å²) in [5.41, 5.74) is -0.627. The fraction of sp³-hybridized carbons (Fsp3) is 0.688. The number of hydrogen-bond donors (Lipinski definition) is 2. The largest absolute Gasteiger partial charge is 0.480 e. The lowest BCUT2D eigenvalue weighted by molar-refractivity contribution is -0.145. The number of aliphatic carboxylic acids is 1. The number of carbonyl (C=O) groups is 2. The molecular formula is C16H23N3O3. The molecule has 0 spiro atoms. The Labute approximate surface area is 129 Å². The van der Waals surface area contributed by atoms with E-state index in [0.29, 0.717) is 18.5 Å². The minimum Gasteiger partial charge on any atom is -0.480 e. The van der Waals surface area contributed by atoms with Crippen molar-refractivity contribution < 1.29 is 14.7 Å². The number of amides is 1. The summed E-state index contributed by atoms with van der Waals surface area (Å²) < 4.78 is 1.78. The Morgan fingerprint density at radius 2 is 1.86 bits per heavy atom. The van der Waals surface area contributed by atoms with Crippen LogP contribution in [-0.4, -0.2) is 32.3 Å². The van der Waals surface area contributed by atoms with Crippen molar-refractivity contribution >= 4 is 11.9 Å². The van der Waals surface area contributed by atoms with Crippen LogP contribution in [0.15, 0.2) is 12.3 Å². The Balaban J connectivity index is 1.79. The van der Waals surface area contributed by atoms with E-state index in [1.54, 1.807) is 16.9 Å². The molecule has 2 fully saturated rings. The van der Waals surface area contributed by atoms with Gasteiger partial charge in [-0.2, -0.15) is 5.10 Å². The highest BCUT2D eigenvalue weighted by Gasteiger charge is 2.41. The molecule has 0 bridgehead atoms. The second kappa shape index (κ2) is 6.10. The quantitative estimate of drug-likeness (QED) is 0.895. The number of hydrogen-bond acceptors (Lipinski definition) is 3. The van der Waals surface area contributed by atoms with Crippen LogP contribution in [0.25, 0.3) is 0 Å². The fourth-order valence-electron chi connectivity index (χ4n) is 3.76. The van der Waals surface area contributed by atoms with Gasteiger partial charge in [-0.05, 0) is 31.7 Å². The van der Waals surface area contributed by atoms with E-state index in [1.807, 2.05) is 0 Å². The maximum atomic E-state index is 12.6. The predicted octanol–water partition coefficient (Wildman–Crippen LogP) is 2.52. The van der Waals surface area contributed by atoms with Crippen molar-refractivity contribution in [3.8, 4) is 0 Å². The van der Waals surface area contributed by atoms with E-state index in [0.717, 1.165) is 44.9 Å². The molecule has 0 saturated heterocycles. The van der Waals surface area contributed by atoms with Gasteiger partial charge in [-0.25, -0.2) is 4.79 Å². The van der Waals surface area contributed by atoms with Crippen molar-refractivity contribution in [3.05, 3.63) is 18.0 Å². The van der Waals surface area contributed by atoms with Gasteiger partial charge in [-0.1, -0.05) is 32.1 Å². The molecule has 22 heavy (non-hydrogen) atoms. The monoisotopic (exact) mass is 305 g/mol. The van der Waals surface area contributed by atoms with Gasteiger partial charge in [0.1, 0.15) is 11.2 Å². The van der Waals surface area contributed by atoms with Gasteiger partial charge < -0.3 is 10.4 Å². The Morgan fingerprint density at radius 1 is 1.18 bits per heavy atom. The van der Waals surface area contributed by atoms with Gasteiger partial charge in [-0.3, -0.25) is 9.48 Å². The SMILES string of the molecule is O=C(NC1(C(=O)O)CCCCC1)c1ccnn1C1CCCC1. The summed E-state index contributed by atoms with van der Waals surface area (Å²) in [6.07, 6.45) is 9.74. The lowest BCUT2D eigenvalue weighted by atomic mass is 9.81. The summed E-state index contributed by atoms with van der Waals surface area (Å²) in [5, 5.41) is 16.7. The predicted molar refractivity (Wildman–Crippen MR) is 80.7 cm³/mol. The van der Waals surface area contributed by atoms with Gasteiger partial charge in [0.2, 0.25) is 0 Å². The summed E-state index contributed by atoms with van der Waals surface area (Å²) in [4.78, 5) is 24.3. The zero-order chi connectivity index (χ0) is 15.6. The number of carboxylic acid groups (broad SMARTS) is 1. The lowest BCUT2D eigenvalue weighted by Gasteiger charge is -2.34. The second-order valence-corrected chi connectivity index (χ2v) is 6.50. The highest BCUT2D eigenvalue weighted by molar-refractivity contribution is 5.96. The first-order valence-electron chi connectivity index (χ1n) is 8.22. The molecule has 0 radical (unpaired) electrons. The molecule has 0 aliphatic heterocycles. The molecular weight excluding hydrogens is 282 g/mol. The second-order valence-electron chi connectivity index (χ2n) is 6.50. The molecule has 120 valence electrons. The average molecular weight is 305 g/mol. The molecule has 3 rings (SSSR count). The Bertz CT molecular complexity index is 555. The molecule has 1 aromatic heterocycles. The Hall–Kier alpha value is -1.85. The number of nitrogens with one attached hydrogen (secondary N) is 1. The number of carboxylic acids is 1. The zero-order valence-electron chi connectivity index (χ0n) is 12.8. The molecule has 2 saturated carbocycles. The maximum Gasteiger partial charge on any atom is 0.329 e. The van der Waals surface area contributed by atoms with Crippen molar-refractivity contribution in [2.45, 2.75) is 69.4 Å². The number of nitrogens with zero attached hydrogens (tertiary/aromatic N) is 2. The van der Waals surface area contributed by atoms with E-state index in [4.69, 9.17) is 0 Å². The maximum absolute atomic E-state index is 12.6. The van der Waals surface area contributed by atoms with Crippen LogP contribution in [0.3, 0.4) is 0 Å².